The Morgan fingerprint density at radius 2 is 1.95 bits per heavy atom. The summed E-state index contributed by atoms with van der Waals surface area (Å²) in [7, 11) is 0. The van der Waals surface area contributed by atoms with E-state index in [1.807, 2.05) is 24.3 Å². The molecule has 1 aliphatic carbocycles. The molecule has 2 aromatic rings. The van der Waals surface area contributed by atoms with Gasteiger partial charge >= 0.3 is 0 Å². The maximum Gasteiger partial charge on any atom is 0.120 e. The molecule has 3 heteroatoms. The molecule has 0 aliphatic heterocycles. The van der Waals surface area contributed by atoms with Crippen molar-refractivity contribution in [3.8, 4) is 5.75 Å². The number of nitrogens with two attached hydrogens (primary N) is 1. The fraction of sp³-hybridized carbons (Fsp3) is 0.294. The van der Waals surface area contributed by atoms with Gasteiger partial charge in [0.1, 0.15) is 5.75 Å². The molecular weight excluding hydrogens is 248 g/mol. The average molecular weight is 268 g/mol. The van der Waals surface area contributed by atoms with Gasteiger partial charge in [-0.2, -0.15) is 0 Å². The van der Waals surface area contributed by atoms with Gasteiger partial charge in [0.05, 0.1) is 12.1 Å². The fourth-order valence-electron chi connectivity index (χ4n) is 2.42. The third-order valence-electron chi connectivity index (χ3n) is 3.68. The molecule has 20 heavy (non-hydrogen) atoms. The number of benzene rings is 2. The zero-order chi connectivity index (χ0) is 13.9. The Morgan fingerprint density at radius 1 is 1.15 bits per heavy atom. The number of aryl methyl sites for hydroxylation is 1. The Morgan fingerprint density at radius 3 is 2.65 bits per heavy atom. The average Bonchev–Trinajstić information content (AvgIpc) is 3.26. The van der Waals surface area contributed by atoms with E-state index in [2.05, 4.69) is 36.6 Å². The third-order valence-corrected chi connectivity index (χ3v) is 3.68. The molecule has 0 heterocycles. The lowest BCUT2D eigenvalue weighted by atomic mass is 9.95. The third kappa shape index (κ3) is 2.84. The zero-order valence-electron chi connectivity index (χ0n) is 11.7. The van der Waals surface area contributed by atoms with Crippen LogP contribution in [0.1, 0.15) is 35.6 Å². The van der Waals surface area contributed by atoms with E-state index < -0.39 is 0 Å². The summed E-state index contributed by atoms with van der Waals surface area (Å²) in [4.78, 5) is 0. The Kier molecular flexibility index (Phi) is 3.72. The molecular formula is C17H20N2O. The highest BCUT2D eigenvalue weighted by molar-refractivity contribution is 5.39. The summed E-state index contributed by atoms with van der Waals surface area (Å²) in [5, 5.41) is 0. The molecule has 1 saturated carbocycles. The van der Waals surface area contributed by atoms with E-state index in [0.717, 1.165) is 11.3 Å². The smallest absolute Gasteiger partial charge is 0.120 e. The summed E-state index contributed by atoms with van der Waals surface area (Å²) in [6.07, 6.45) is 2.74. The summed E-state index contributed by atoms with van der Waals surface area (Å²) in [5.74, 6) is 6.71. The first-order valence-corrected chi connectivity index (χ1v) is 7.06. The maximum atomic E-state index is 5.86. The molecule has 3 rings (SSSR count). The van der Waals surface area contributed by atoms with E-state index in [-0.39, 0.29) is 6.04 Å². The van der Waals surface area contributed by atoms with Crippen LogP contribution in [-0.4, -0.2) is 6.10 Å². The van der Waals surface area contributed by atoms with Gasteiger partial charge in [-0.25, -0.2) is 5.43 Å². The largest absolute Gasteiger partial charge is 0.490 e. The van der Waals surface area contributed by atoms with Crippen molar-refractivity contribution < 1.29 is 4.74 Å². The van der Waals surface area contributed by atoms with Crippen LogP contribution >= 0.6 is 0 Å². The Bertz CT molecular complexity index is 593. The highest BCUT2D eigenvalue weighted by Gasteiger charge is 2.24. The van der Waals surface area contributed by atoms with Gasteiger partial charge in [0.15, 0.2) is 0 Å². The molecule has 0 bridgehead atoms. The van der Waals surface area contributed by atoms with Crippen LogP contribution in [0.25, 0.3) is 0 Å². The van der Waals surface area contributed by atoms with Gasteiger partial charge < -0.3 is 4.74 Å². The number of ether oxygens (including phenoxy) is 1. The molecule has 0 amide bonds. The van der Waals surface area contributed by atoms with Crippen molar-refractivity contribution in [3.63, 3.8) is 0 Å². The van der Waals surface area contributed by atoms with E-state index in [0.29, 0.717) is 6.10 Å². The molecule has 1 aliphatic rings. The fourth-order valence-corrected chi connectivity index (χ4v) is 2.42. The van der Waals surface area contributed by atoms with Crippen molar-refractivity contribution in [1.29, 1.82) is 0 Å². The summed E-state index contributed by atoms with van der Waals surface area (Å²) in [5.41, 5.74) is 6.46. The molecule has 0 saturated heterocycles. The predicted molar refractivity (Wildman–Crippen MR) is 80.4 cm³/mol. The van der Waals surface area contributed by atoms with Crippen LogP contribution in [0.5, 0.6) is 5.75 Å². The molecule has 3 nitrogen and oxygen atoms in total. The highest BCUT2D eigenvalue weighted by Crippen LogP contribution is 2.30. The van der Waals surface area contributed by atoms with E-state index in [1.54, 1.807) is 0 Å². The molecule has 104 valence electrons. The molecule has 0 aromatic heterocycles. The van der Waals surface area contributed by atoms with Crippen LogP contribution in [0.2, 0.25) is 0 Å². The molecule has 0 radical (unpaired) electrons. The number of nitrogens with one attached hydrogen (secondary N) is 1. The van der Waals surface area contributed by atoms with Gasteiger partial charge in [-0.15, -0.1) is 0 Å². The van der Waals surface area contributed by atoms with Crippen LogP contribution in [-0.2, 0) is 0 Å². The Hall–Kier alpha value is -1.84. The van der Waals surface area contributed by atoms with Crippen LogP contribution in [0.4, 0.5) is 0 Å². The first-order chi connectivity index (χ1) is 9.78. The minimum atomic E-state index is -0.0149. The Labute approximate surface area is 119 Å². The lowest BCUT2D eigenvalue weighted by Gasteiger charge is -2.19. The van der Waals surface area contributed by atoms with Crippen molar-refractivity contribution in [3.05, 3.63) is 65.2 Å². The number of hydrazine groups is 1. The van der Waals surface area contributed by atoms with Crippen LogP contribution in [0.15, 0.2) is 48.5 Å². The monoisotopic (exact) mass is 268 g/mol. The Balaban J connectivity index is 1.90. The van der Waals surface area contributed by atoms with Crippen molar-refractivity contribution in [2.45, 2.75) is 31.9 Å². The standard InChI is InChI=1S/C17H20N2O/c1-12-5-2-3-8-16(12)17(19-18)13-6-4-7-15(11-13)20-14-9-10-14/h2-8,11,14,17,19H,9-10,18H2,1H3. The minimum Gasteiger partial charge on any atom is -0.490 e. The van der Waals surface area contributed by atoms with Crippen LogP contribution in [0, 0.1) is 6.92 Å². The first-order valence-electron chi connectivity index (χ1n) is 7.06. The first kappa shape index (κ1) is 13.2. The van der Waals surface area contributed by atoms with E-state index >= 15 is 0 Å². The molecule has 3 N–H and O–H groups in total. The highest BCUT2D eigenvalue weighted by atomic mass is 16.5. The topological polar surface area (TPSA) is 47.3 Å². The molecule has 1 fully saturated rings. The molecule has 1 unspecified atom stereocenters. The quantitative estimate of drug-likeness (QED) is 0.647. The van der Waals surface area contributed by atoms with Gasteiger partial charge in [0, 0.05) is 0 Å². The minimum absolute atomic E-state index is 0.0149. The second-order valence-electron chi connectivity index (χ2n) is 5.35. The predicted octanol–water partition coefficient (Wildman–Crippen LogP) is 3.09. The van der Waals surface area contributed by atoms with Gasteiger partial charge in [0.2, 0.25) is 0 Å². The van der Waals surface area contributed by atoms with Gasteiger partial charge in [-0.3, -0.25) is 5.84 Å². The molecule has 1 atom stereocenters. The van der Waals surface area contributed by atoms with E-state index in [1.165, 1.54) is 24.0 Å². The van der Waals surface area contributed by atoms with E-state index in [9.17, 15) is 0 Å². The van der Waals surface area contributed by atoms with Gasteiger partial charge in [-0.05, 0) is 48.6 Å². The van der Waals surface area contributed by atoms with Gasteiger partial charge in [0.25, 0.3) is 0 Å². The molecule has 0 spiro atoms. The normalized spacial score (nSPS) is 15.9. The second kappa shape index (κ2) is 5.65. The summed E-state index contributed by atoms with van der Waals surface area (Å²) in [6, 6.07) is 16.5. The van der Waals surface area contributed by atoms with Crippen LogP contribution in [0.3, 0.4) is 0 Å². The number of hydrogen-bond donors (Lipinski definition) is 2. The second-order valence-corrected chi connectivity index (χ2v) is 5.35. The van der Waals surface area contributed by atoms with Crippen molar-refractivity contribution >= 4 is 0 Å². The van der Waals surface area contributed by atoms with Crippen molar-refractivity contribution in [2.24, 2.45) is 5.84 Å². The lowest BCUT2D eigenvalue weighted by molar-refractivity contribution is 0.302. The SMILES string of the molecule is Cc1ccccc1C(NN)c1cccc(OC2CC2)c1. The summed E-state index contributed by atoms with van der Waals surface area (Å²) in [6.45, 7) is 2.10. The van der Waals surface area contributed by atoms with Crippen molar-refractivity contribution in [2.75, 3.05) is 0 Å². The number of hydrogen-bond acceptors (Lipinski definition) is 3. The number of rotatable bonds is 5. The van der Waals surface area contributed by atoms with Crippen molar-refractivity contribution in [1.82, 2.24) is 5.43 Å². The maximum absolute atomic E-state index is 5.86. The zero-order valence-corrected chi connectivity index (χ0v) is 11.7. The van der Waals surface area contributed by atoms with E-state index in [4.69, 9.17) is 10.6 Å². The lowest BCUT2D eigenvalue weighted by Crippen LogP contribution is -2.29. The summed E-state index contributed by atoms with van der Waals surface area (Å²) >= 11 is 0. The van der Waals surface area contributed by atoms with Crippen LogP contribution < -0.4 is 16.0 Å². The summed E-state index contributed by atoms with van der Waals surface area (Å²) < 4.78 is 5.86. The molecule has 2 aromatic carbocycles. The van der Waals surface area contributed by atoms with Gasteiger partial charge in [-0.1, -0.05) is 36.4 Å².